The largest absolute Gasteiger partial charge is 0.295 e. The molecule has 118 valence electrons. The van der Waals surface area contributed by atoms with Gasteiger partial charge in [-0.2, -0.15) is 0 Å². The summed E-state index contributed by atoms with van der Waals surface area (Å²) < 4.78 is 0. The molecule has 3 heterocycles. The van der Waals surface area contributed by atoms with Gasteiger partial charge < -0.3 is 0 Å². The number of hydrogen-bond acceptors (Lipinski definition) is 6. The average Bonchev–Trinajstić information content (AvgIpc) is 2.51. The Kier molecular flexibility index (Phi) is 4.59. The maximum absolute atomic E-state index is 12.3. The van der Waals surface area contributed by atoms with E-state index in [1.807, 2.05) is 13.8 Å². The summed E-state index contributed by atoms with van der Waals surface area (Å²) in [5.41, 5.74) is 0.579. The van der Waals surface area contributed by atoms with E-state index in [-0.39, 0.29) is 26.3 Å². The lowest BCUT2D eigenvalue weighted by Gasteiger charge is -2.33. The van der Waals surface area contributed by atoms with E-state index >= 15 is 0 Å². The van der Waals surface area contributed by atoms with Crippen LogP contribution in [0.15, 0.2) is 12.5 Å². The number of amides is 4. The average molecular weight is 306 g/mol. The van der Waals surface area contributed by atoms with Crippen molar-refractivity contribution in [3.8, 4) is 0 Å². The van der Waals surface area contributed by atoms with Crippen LogP contribution in [0.2, 0.25) is 0 Å². The van der Waals surface area contributed by atoms with E-state index in [2.05, 4.69) is 15.3 Å². The fourth-order valence-corrected chi connectivity index (χ4v) is 2.39. The summed E-state index contributed by atoms with van der Waals surface area (Å²) in [5.74, 6) is -2.10. The molecule has 4 amide bonds. The van der Waals surface area contributed by atoms with Crippen molar-refractivity contribution >= 4 is 23.6 Å². The molecule has 1 fully saturated rings. The Bertz CT molecular complexity index is 649. The molecule has 1 aromatic rings. The van der Waals surface area contributed by atoms with Gasteiger partial charge in [0.15, 0.2) is 0 Å². The van der Waals surface area contributed by atoms with E-state index in [9.17, 15) is 19.2 Å². The first-order chi connectivity index (χ1) is 10.6. The monoisotopic (exact) mass is 306 g/mol. The summed E-state index contributed by atoms with van der Waals surface area (Å²) in [6, 6.07) is -0.943. The second kappa shape index (κ2) is 6.42. The molecule has 1 unspecified atom stereocenters. The predicted octanol–water partition coefficient (Wildman–Crippen LogP) is 0.0789. The maximum Gasteiger partial charge on any atom is 0.264 e. The molecule has 2 aliphatic rings. The SMILES string of the molecule is CC.O=C1CCC(N2C(=O)Cc3ncncc3C2=O)C(=O)N1.[HH]. The van der Waals surface area contributed by atoms with Gasteiger partial charge >= 0.3 is 0 Å². The van der Waals surface area contributed by atoms with Crippen LogP contribution in [0.1, 0.15) is 44.2 Å². The van der Waals surface area contributed by atoms with E-state index in [1.54, 1.807) is 0 Å². The summed E-state index contributed by atoms with van der Waals surface area (Å²) in [7, 11) is 0. The van der Waals surface area contributed by atoms with Gasteiger partial charge in [-0.25, -0.2) is 9.97 Å². The molecule has 0 saturated carbocycles. The second-order valence-corrected chi connectivity index (χ2v) is 4.60. The number of fused-ring (bicyclic) bond motifs is 1. The standard InChI is InChI=1S/C12H10N4O4.C2H6.H2/c17-9-2-1-8(11(19)15-9)16-10(18)3-7-6(12(16)20)4-13-5-14-7;1-2;/h4-5,8H,1-3H2,(H,15,17,19);1-2H3;1H. The van der Waals surface area contributed by atoms with Gasteiger partial charge in [0.25, 0.3) is 5.91 Å². The van der Waals surface area contributed by atoms with Crippen molar-refractivity contribution in [3.05, 3.63) is 23.8 Å². The van der Waals surface area contributed by atoms with Crippen molar-refractivity contribution in [2.24, 2.45) is 0 Å². The highest BCUT2D eigenvalue weighted by Gasteiger charge is 2.42. The molecule has 2 aliphatic heterocycles. The molecule has 1 aromatic heterocycles. The van der Waals surface area contributed by atoms with Gasteiger partial charge in [-0.05, 0) is 6.42 Å². The highest BCUT2D eigenvalue weighted by Crippen LogP contribution is 2.22. The van der Waals surface area contributed by atoms with E-state index in [0.29, 0.717) is 5.69 Å². The van der Waals surface area contributed by atoms with Crippen LogP contribution in [0.4, 0.5) is 0 Å². The molecule has 22 heavy (non-hydrogen) atoms. The van der Waals surface area contributed by atoms with E-state index in [4.69, 9.17) is 0 Å². The molecule has 0 aromatic carbocycles. The smallest absolute Gasteiger partial charge is 0.264 e. The van der Waals surface area contributed by atoms with Crippen LogP contribution < -0.4 is 5.32 Å². The van der Waals surface area contributed by atoms with Crippen LogP contribution in [0.5, 0.6) is 0 Å². The minimum Gasteiger partial charge on any atom is -0.295 e. The van der Waals surface area contributed by atoms with E-state index in [1.165, 1.54) is 12.5 Å². The van der Waals surface area contributed by atoms with Crippen LogP contribution in [-0.2, 0) is 20.8 Å². The highest BCUT2D eigenvalue weighted by atomic mass is 16.2. The predicted molar refractivity (Wildman–Crippen MR) is 76.5 cm³/mol. The number of nitrogens with one attached hydrogen (secondary N) is 1. The van der Waals surface area contributed by atoms with Crippen molar-refractivity contribution in [1.29, 1.82) is 0 Å². The molecule has 1 atom stereocenters. The van der Waals surface area contributed by atoms with Gasteiger partial charge in [0.05, 0.1) is 17.7 Å². The zero-order valence-electron chi connectivity index (χ0n) is 12.3. The van der Waals surface area contributed by atoms with Gasteiger partial charge in [0.1, 0.15) is 12.4 Å². The first kappa shape index (κ1) is 15.7. The molecule has 0 radical (unpaired) electrons. The van der Waals surface area contributed by atoms with E-state index in [0.717, 1.165) is 4.90 Å². The second-order valence-electron chi connectivity index (χ2n) is 4.60. The molecule has 8 heteroatoms. The minimum absolute atomic E-state index is 0. The van der Waals surface area contributed by atoms with Crippen LogP contribution >= 0.6 is 0 Å². The molecule has 0 aliphatic carbocycles. The quantitative estimate of drug-likeness (QED) is 0.736. The molecule has 0 bridgehead atoms. The van der Waals surface area contributed by atoms with Crippen LogP contribution in [0, 0.1) is 0 Å². The Labute approximate surface area is 128 Å². The molecule has 3 rings (SSSR count). The zero-order chi connectivity index (χ0) is 16.3. The number of hydrogen-bond donors (Lipinski definition) is 1. The van der Waals surface area contributed by atoms with Crippen molar-refractivity contribution in [2.45, 2.75) is 39.2 Å². The van der Waals surface area contributed by atoms with Crippen molar-refractivity contribution in [1.82, 2.24) is 20.2 Å². The van der Waals surface area contributed by atoms with E-state index < -0.39 is 29.7 Å². The first-order valence-electron chi connectivity index (χ1n) is 7.07. The van der Waals surface area contributed by atoms with Crippen LogP contribution in [-0.4, -0.2) is 44.5 Å². The number of piperidine rings is 1. The first-order valence-corrected chi connectivity index (χ1v) is 7.07. The fourth-order valence-electron chi connectivity index (χ4n) is 2.39. The summed E-state index contributed by atoms with van der Waals surface area (Å²) in [5, 5.41) is 2.14. The fraction of sp³-hybridized carbons (Fsp3) is 0.429. The maximum atomic E-state index is 12.3. The Hall–Kier alpha value is -2.64. The number of carbonyl (C=O) groups is 4. The Morgan fingerprint density at radius 3 is 2.68 bits per heavy atom. The summed E-state index contributed by atoms with van der Waals surface area (Å²) in [4.78, 5) is 55.9. The Morgan fingerprint density at radius 1 is 1.27 bits per heavy atom. The van der Waals surface area contributed by atoms with Gasteiger partial charge in [-0.1, -0.05) is 13.8 Å². The minimum atomic E-state index is -0.943. The molecule has 8 nitrogen and oxygen atoms in total. The molecular formula is C14H18N4O4. The number of imide groups is 2. The Morgan fingerprint density at radius 2 is 2.00 bits per heavy atom. The third-order valence-electron chi connectivity index (χ3n) is 3.35. The van der Waals surface area contributed by atoms with Gasteiger partial charge in [-0.15, -0.1) is 0 Å². The van der Waals surface area contributed by atoms with Gasteiger partial charge in [0, 0.05) is 14.0 Å². The van der Waals surface area contributed by atoms with Crippen LogP contribution in [0.3, 0.4) is 0 Å². The topological polar surface area (TPSA) is 109 Å². The normalized spacial score (nSPS) is 20.8. The zero-order valence-corrected chi connectivity index (χ0v) is 12.3. The third kappa shape index (κ3) is 2.72. The molecule has 1 N–H and O–H groups in total. The lowest BCUT2D eigenvalue weighted by Crippen LogP contribution is -2.58. The van der Waals surface area contributed by atoms with Crippen LogP contribution in [0.25, 0.3) is 0 Å². The van der Waals surface area contributed by atoms with Gasteiger partial charge in [0.2, 0.25) is 17.7 Å². The highest BCUT2D eigenvalue weighted by molar-refractivity contribution is 6.13. The number of aromatic nitrogens is 2. The summed E-state index contributed by atoms with van der Waals surface area (Å²) >= 11 is 0. The molecule has 1 saturated heterocycles. The van der Waals surface area contributed by atoms with Crippen molar-refractivity contribution < 1.29 is 20.6 Å². The summed E-state index contributed by atoms with van der Waals surface area (Å²) in [6.45, 7) is 4.00. The number of nitrogens with zero attached hydrogens (tertiary/aromatic N) is 3. The third-order valence-corrected chi connectivity index (χ3v) is 3.35. The molecular weight excluding hydrogens is 288 g/mol. The summed E-state index contributed by atoms with van der Waals surface area (Å²) in [6.07, 6.45) is 2.79. The van der Waals surface area contributed by atoms with Gasteiger partial charge in [-0.3, -0.25) is 29.4 Å². The number of rotatable bonds is 1. The number of carbonyl (C=O) groups excluding carboxylic acids is 4. The lowest BCUT2D eigenvalue weighted by molar-refractivity contribution is -0.143. The Balaban J connectivity index is 0.000000849. The van der Waals surface area contributed by atoms with Crippen molar-refractivity contribution in [3.63, 3.8) is 0 Å². The lowest BCUT2D eigenvalue weighted by atomic mass is 9.98. The molecule has 0 spiro atoms. The van der Waals surface area contributed by atoms with Crippen molar-refractivity contribution in [2.75, 3.05) is 0 Å².